The summed E-state index contributed by atoms with van der Waals surface area (Å²) in [7, 11) is 0. The highest BCUT2D eigenvalue weighted by Crippen LogP contribution is 2.22. The van der Waals surface area contributed by atoms with Crippen LogP contribution in [-0.4, -0.2) is 26.4 Å². The molecule has 2 heterocycles. The van der Waals surface area contributed by atoms with Gasteiger partial charge in [-0.15, -0.1) is 0 Å². The second kappa shape index (κ2) is 7.41. The second-order valence-corrected chi connectivity index (χ2v) is 7.16. The molecule has 4 N–H and O–H groups in total. The molecule has 0 saturated heterocycles. The molecule has 1 aromatic carbocycles. The highest BCUT2D eigenvalue weighted by molar-refractivity contribution is 6.04. The van der Waals surface area contributed by atoms with E-state index in [2.05, 4.69) is 25.6 Å². The summed E-state index contributed by atoms with van der Waals surface area (Å²) in [5, 5.41) is 6.06. The summed E-state index contributed by atoms with van der Waals surface area (Å²) >= 11 is 0. The molecule has 0 fully saturated rings. The Labute approximate surface area is 158 Å². The predicted molar refractivity (Wildman–Crippen MR) is 107 cm³/mol. The van der Waals surface area contributed by atoms with Gasteiger partial charge in [0.2, 0.25) is 5.95 Å². The SMILES string of the molecule is CC(C)(C)Nc1nc(NC(=O)c2cccc(N)c2)cc(-c2cccnc2)n1. The zero-order chi connectivity index (χ0) is 19.4. The van der Waals surface area contributed by atoms with E-state index in [4.69, 9.17) is 5.73 Å². The average molecular weight is 362 g/mol. The van der Waals surface area contributed by atoms with Crippen molar-refractivity contribution >= 4 is 23.4 Å². The van der Waals surface area contributed by atoms with Crippen molar-refractivity contribution in [1.82, 2.24) is 15.0 Å². The van der Waals surface area contributed by atoms with E-state index >= 15 is 0 Å². The number of aromatic nitrogens is 3. The number of benzene rings is 1. The zero-order valence-electron chi connectivity index (χ0n) is 15.5. The Morgan fingerprint density at radius 1 is 1.07 bits per heavy atom. The van der Waals surface area contributed by atoms with Crippen molar-refractivity contribution in [2.45, 2.75) is 26.3 Å². The van der Waals surface area contributed by atoms with E-state index in [0.717, 1.165) is 5.56 Å². The van der Waals surface area contributed by atoms with Crippen LogP contribution in [0, 0.1) is 0 Å². The lowest BCUT2D eigenvalue weighted by Gasteiger charge is -2.21. The number of carbonyl (C=O) groups is 1. The number of nitrogens with zero attached hydrogens (tertiary/aromatic N) is 3. The van der Waals surface area contributed by atoms with Crippen molar-refractivity contribution in [3.63, 3.8) is 0 Å². The quantitative estimate of drug-likeness (QED) is 0.613. The molecule has 0 bridgehead atoms. The lowest BCUT2D eigenvalue weighted by molar-refractivity contribution is 0.102. The van der Waals surface area contributed by atoms with Gasteiger partial charge in [-0.2, -0.15) is 4.98 Å². The highest BCUT2D eigenvalue weighted by Gasteiger charge is 2.15. The van der Waals surface area contributed by atoms with Gasteiger partial charge in [-0.25, -0.2) is 4.98 Å². The van der Waals surface area contributed by atoms with Crippen LogP contribution in [0.5, 0.6) is 0 Å². The first-order valence-electron chi connectivity index (χ1n) is 8.55. The Hall–Kier alpha value is -3.48. The van der Waals surface area contributed by atoms with E-state index in [1.54, 1.807) is 42.7 Å². The molecule has 2 aromatic heterocycles. The zero-order valence-corrected chi connectivity index (χ0v) is 15.5. The van der Waals surface area contributed by atoms with E-state index in [-0.39, 0.29) is 11.4 Å². The molecule has 0 aliphatic rings. The molecule has 27 heavy (non-hydrogen) atoms. The number of hydrogen-bond acceptors (Lipinski definition) is 6. The fourth-order valence-electron chi connectivity index (χ4n) is 2.43. The van der Waals surface area contributed by atoms with Crippen LogP contribution in [0.4, 0.5) is 17.5 Å². The molecule has 0 radical (unpaired) electrons. The maximum atomic E-state index is 12.6. The minimum Gasteiger partial charge on any atom is -0.399 e. The first-order valence-corrected chi connectivity index (χ1v) is 8.55. The highest BCUT2D eigenvalue weighted by atomic mass is 16.1. The number of hydrogen-bond donors (Lipinski definition) is 3. The van der Waals surface area contributed by atoms with Crippen molar-refractivity contribution in [3.8, 4) is 11.3 Å². The molecule has 138 valence electrons. The van der Waals surface area contributed by atoms with Gasteiger partial charge in [-0.3, -0.25) is 9.78 Å². The molecule has 3 rings (SSSR count). The van der Waals surface area contributed by atoms with E-state index in [1.165, 1.54) is 0 Å². The summed E-state index contributed by atoms with van der Waals surface area (Å²) in [6.45, 7) is 6.04. The molecule has 0 atom stereocenters. The normalized spacial score (nSPS) is 11.1. The number of nitrogens with two attached hydrogens (primary N) is 1. The molecule has 0 aliphatic carbocycles. The molecule has 1 amide bonds. The topological polar surface area (TPSA) is 106 Å². The number of nitrogen functional groups attached to an aromatic ring is 1. The van der Waals surface area contributed by atoms with E-state index in [9.17, 15) is 4.79 Å². The van der Waals surface area contributed by atoms with Crippen LogP contribution in [0.2, 0.25) is 0 Å². The molecule has 7 heteroatoms. The summed E-state index contributed by atoms with van der Waals surface area (Å²) < 4.78 is 0. The Balaban J connectivity index is 1.96. The lowest BCUT2D eigenvalue weighted by atomic mass is 10.1. The van der Waals surface area contributed by atoms with E-state index < -0.39 is 0 Å². The molecule has 0 aliphatic heterocycles. The third kappa shape index (κ3) is 5.01. The van der Waals surface area contributed by atoms with Gasteiger partial charge in [-0.05, 0) is 51.1 Å². The molecule has 0 saturated carbocycles. The van der Waals surface area contributed by atoms with Crippen molar-refractivity contribution in [1.29, 1.82) is 0 Å². The van der Waals surface area contributed by atoms with Gasteiger partial charge < -0.3 is 16.4 Å². The summed E-state index contributed by atoms with van der Waals surface area (Å²) in [5.74, 6) is 0.523. The smallest absolute Gasteiger partial charge is 0.256 e. The van der Waals surface area contributed by atoms with Crippen LogP contribution < -0.4 is 16.4 Å². The Kier molecular flexibility index (Phi) is 5.03. The monoisotopic (exact) mass is 362 g/mol. The fourth-order valence-corrected chi connectivity index (χ4v) is 2.43. The van der Waals surface area contributed by atoms with Crippen molar-refractivity contribution in [2.24, 2.45) is 0 Å². The number of carbonyl (C=O) groups excluding carboxylic acids is 1. The number of rotatable bonds is 4. The van der Waals surface area contributed by atoms with Crippen molar-refractivity contribution in [3.05, 3.63) is 60.4 Å². The largest absolute Gasteiger partial charge is 0.399 e. The third-order valence-electron chi connectivity index (χ3n) is 3.56. The number of nitrogens with one attached hydrogen (secondary N) is 2. The molecule has 0 spiro atoms. The Bertz CT molecular complexity index is 950. The van der Waals surface area contributed by atoms with Crippen LogP contribution in [0.25, 0.3) is 11.3 Å². The van der Waals surface area contributed by atoms with Crippen LogP contribution >= 0.6 is 0 Å². The summed E-state index contributed by atoms with van der Waals surface area (Å²) in [5.41, 5.74) is 8.00. The van der Waals surface area contributed by atoms with Gasteiger partial charge in [0.1, 0.15) is 5.82 Å². The third-order valence-corrected chi connectivity index (χ3v) is 3.56. The van der Waals surface area contributed by atoms with Crippen molar-refractivity contribution < 1.29 is 4.79 Å². The van der Waals surface area contributed by atoms with Crippen LogP contribution in [0.15, 0.2) is 54.9 Å². The van der Waals surface area contributed by atoms with Crippen molar-refractivity contribution in [2.75, 3.05) is 16.4 Å². The maximum absolute atomic E-state index is 12.6. The van der Waals surface area contributed by atoms with Crippen LogP contribution in [0.1, 0.15) is 31.1 Å². The van der Waals surface area contributed by atoms with Crippen LogP contribution in [0.3, 0.4) is 0 Å². The molecular weight excluding hydrogens is 340 g/mol. The van der Waals surface area contributed by atoms with Gasteiger partial charge in [-0.1, -0.05) is 6.07 Å². The van der Waals surface area contributed by atoms with Gasteiger partial charge in [0, 0.05) is 40.8 Å². The van der Waals surface area contributed by atoms with Gasteiger partial charge in [0.25, 0.3) is 5.91 Å². The lowest BCUT2D eigenvalue weighted by Crippen LogP contribution is -2.27. The first-order chi connectivity index (χ1) is 12.8. The molecule has 7 nitrogen and oxygen atoms in total. The predicted octanol–water partition coefficient (Wildman–Crippen LogP) is 3.58. The Morgan fingerprint density at radius 3 is 2.56 bits per heavy atom. The first kappa shape index (κ1) is 18.3. The summed E-state index contributed by atoms with van der Waals surface area (Å²) in [6.07, 6.45) is 3.41. The number of amides is 1. The minimum atomic E-state index is -0.292. The van der Waals surface area contributed by atoms with E-state index in [1.807, 2.05) is 32.9 Å². The van der Waals surface area contributed by atoms with Gasteiger partial charge in [0.05, 0.1) is 5.69 Å². The number of anilines is 3. The molecular formula is C20H22N6O. The number of pyridine rings is 1. The molecule has 0 unspecified atom stereocenters. The van der Waals surface area contributed by atoms with Gasteiger partial charge >= 0.3 is 0 Å². The molecule has 3 aromatic rings. The van der Waals surface area contributed by atoms with Gasteiger partial charge in [0.15, 0.2) is 0 Å². The Morgan fingerprint density at radius 2 is 1.89 bits per heavy atom. The fraction of sp³-hybridized carbons (Fsp3) is 0.200. The summed E-state index contributed by atoms with van der Waals surface area (Å²) in [6, 6.07) is 12.2. The second-order valence-electron chi connectivity index (χ2n) is 7.16. The van der Waals surface area contributed by atoms with Crippen LogP contribution in [-0.2, 0) is 0 Å². The minimum absolute atomic E-state index is 0.233. The maximum Gasteiger partial charge on any atom is 0.256 e. The van der Waals surface area contributed by atoms with E-state index in [0.29, 0.717) is 28.7 Å². The average Bonchev–Trinajstić information content (AvgIpc) is 2.61. The standard InChI is InChI=1S/C20H22N6O/c1-20(2,3)26-19-23-16(14-7-5-9-22-12-14)11-17(25-19)24-18(27)13-6-4-8-15(21)10-13/h4-12H,21H2,1-3H3,(H2,23,24,25,26,27). The summed E-state index contributed by atoms with van der Waals surface area (Å²) in [4.78, 5) is 25.7.